The number of fused-ring (bicyclic) bond motifs is 4. The van der Waals surface area contributed by atoms with Crippen LogP contribution in [0.1, 0.15) is 56.7 Å². The maximum Gasteiger partial charge on any atom is 0.163 e. The number of pyridine rings is 1. The van der Waals surface area contributed by atoms with Gasteiger partial charge in [0, 0.05) is 29.4 Å². The van der Waals surface area contributed by atoms with Crippen molar-refractivity contribution in [3.63, 3.8) is 0 Å². The molecular weight excluding hydrogens is 376 g/mol. The Morgan fingerprint density at radius 1 is 1.13 bits per heavy atom. The molecule has 1 aliphatic carbocycles. The zero-order valence-electron chi connectivity index (χ0n) is 17.2. The van der Waals surface area contributed by atoms with E-state index in [0.29, 0.717) is 11.9 Å². The van der Waals surface area contributed by atoms with Crippen LogP contribution in [0.2, 0.25) is 0 Å². The highest BCUT2D eigenvalue weighted by Gasteiger charge is 2.39. The van der Waals surface area contributed by atoms with Crippen LogP contribution in [0.15, 0.2) is 30.7 Å². The lowest BCUT2D eigenvalue weighted by molar-refractivity contribution is 0.468. The molecule has 4 aromatic heterocycles. The molecule has 8 nitrogen and oxygen atoms in total. The number of H-pyrrole nitrogens is 1. The van der Waals surface area contributed by atoms with Crippen LogP contribution in [0, 0.1) is 6.92 Å². The summed E-state index contributed by atoms with van der Waals surface area (Å²) in [5.41, 5.74) is 2.78. The molecule has 1 fully saturated rings. The van der Waals surface area contributed by atoms with E-state index in [-0.39, 0.29) is 6.04 Å². The standard InChI is InChI=1S/C22H24N8/c1-3-17-22-28-27-13(2)29(22)18-12-25-20(15-10-14-8-9-23-19(14)24-11-15)26-21(18)30(17)16-6-4-5-7-16/h8-12,16-17H,3-7H2,1-2H3,(H,23,24). The average Bonchev–Trinajstić information content (AvgIpc) is 3.53. The summed E-state index contributed by atoms with van der Waals surface area (Å²) < 4.78 is 2.13. The molecule has 1 atom stereocenters. The summed E-state index contributed by atoms with van der Waals surface area (Å²) in [4.78, 5) is 20.0. The van der Waals surface area contributed by atoms with Crippen LogP contribution in [0.5, 0.6) is 0 Å². The van der Waals surface area contributed by atoms with Gasteiger partial charge in [0.05, 0.1) is 12.2 Å². The van der Waals surface area contributed by atoms with Crippen molar-refractivity contribution in [3.8, 4) is 17.1 Å². The molecule has 4 aromatic rings. The number of rotatable bonds is 3. The molecule has 30 heavy (non-hydrogen) atoms. The van der Waals surface area contributed by atoms with Gasteiger partial charge in [0.25, 0.3) is 0 Å². The van der Waals surface area contributed by atoms with E-state index in [1.807, 2.05) is 31.6 Å². The normalized spacial score (nSPS) is 18.7. The first-order chi connectivity index (χ1) is 14.7. The Morgan fingerprint density at radius 3 is 2.83 bits per heavy atom. The van der Waals surface area contributed by atoms with Gasteiger partial charge in [0.1, 0.15) is 17.2 Å². The van der Waals surface area contributed by atoms with Crippen LogP contribution in [0.25, 0.3) is 28.1 Å². The van der Waals surface area contributed by atoms with Gasteiger partial charge in [0.15, 0.2) is 17.5 Å². The number of nitrogens with zero attached hydrogens (tertiary/aromatic N) is 7. The van der Waals surface area contributed by atoms with E-state index in [0.717, 1.165) is 46.2 Å². The Balaban J connectivity index is 1.55. The molecule has 0 aromatic carbocycles. The Bertz CT molecular complexity index is 1230. The molecule has 0 saturated heterocycles. The zero-order chi connectivity index (χ0) is 20.2. The Morgan fingerprint density at radius 2 is 2.00 bits per heavy atom. The maximum absolute atomic E-state index is 5.11. The van der Waals surface area contributed by atoms with Crippen molar-refractivity contribution in [1.82, 2.24) is 34.7 Å². The Hall–Kier alpha value is -3.29. The minimum atomic E-state index is 0.176. The van der Waals surface area contributed by atoms with Gasteiger partial charge in [-0.3, -0.25) is 4.57 Å². The number of nitrogens with one attached hydrogen (secondary N) is 1. The van der Waals surface area contributed by atoms with Gasteiger partial charge in [-0.15, -0.1) is 10.2 Å². The van der Waals surface area contributed by atoms with Crippen molar-refractivity contribution in [3.05, 3.63) is 42.4 Å². The summed E-state index contributed by atoms with van der Waals surface area (Å²) in [6.45, 7) is 4.22. The third-order valence-electron chi connectivity index (χ3n) is 6.48. The summed E-state index contributed by atoms with van der Waals surface area (Å²) in [6.07, 6.45) is 11.6. The van der Waals surface area contributed by atoms with Gasteiger partial charge in [0.2, 0.25) is 0 Å². The fraction of sp³-hybridized carbons (Fsp3) is 0.409. The fourth-order valence-corrected chi connectivity index (χ4v) is 5.07. The molecule has 8 heteroatoms. The quantitative estimate of drug-likeness (QED) is 0.556. The van der Waals surface area contributed by atoms with Crippen LogP contribution < -0.4 is 4.90 Å². The van der Waals surface area contributed by atoms with E-state index in [2.05, 4.69) is 42.6 Å². The smallest absolute Gasteiger partial charge is 0.163 e. The molecule has 5 heterocycles. The van der Waals surface area contributed by atoms with E-state index >= 15 is 0 Å². The minimum absolute atomic E-state index is 0.176. The summed E-state index contributed by atoms with van der Waals surface area (Å²) in [5.74, 6) is 3.57. The monoisotopic (exact) mass is 400 g/mol. The molecule has 0 spiro atoms. The first kappa shape index (κ1) is 17.6. The summed E-state index contributed by atoms with van der Waals surface area (Å²) in [6, 6.07) is 4.77. The largest absolute Gasteiger partial charge is 0.346 e. The van der Waals surface area contributed by atoms with E-state index in [9.17, 15) is 0 Å². The fourth-order valence-electron chi connectivity index (χ4n) is 5.07. The van der Waals surface area contributed by atoms with E-state index in [1.54, 1.807) is 0 Å². The lowest BCUT2D eigenvalue weighted by Gasteiger charge is -2.41. The second-order valence-corrected chi connectivity index (χ2v) is 8.25. The molecule has 0 amide bonds. The predicted molar refractivity (Wildman–Crippen MR) is 115 cm³/mol. The first-order valence-electron chi connectivity index (χ1n) is 10.8. The molecule has 0 bridgehead atoms. The summed E-state index contributed by atoms with van der Waals surface area (Å²) in [7, 11) is 0. The van der Waals surface area contributed by atoms with E-state index < -0.39 is 0 Å². The average molecular weight is 400 g/mol. The van der Waals surface area contributed by atoms with Crippen molar-refractivity contribution in [2.24, 2.45) is 0 Å². The Labute approximate surface area is 174 Å². The SMILES string of the molecule is CCC1c2nnc(C)n2-c2cnc(-c3cnc4[nH]ccc4c3)nc2N1C1CCCC1. The van der Waals surface area contributed by atoms with Gasteiger partial charge in [-0.05, 0) is 38.3 Å². The van der Waals surface area contributed by atoms with Crippen molar-refractivity contribution in [2.45, 2.75) is 58.0 Å². The molecule has 1 aliphatic heterocycles. The lowest BCUT2D eigenvalue weighted by Crippen LogP contribution is -2.42. The second-order valence-electron chi connectivity index (χ2n) is 8.25. The number of hydrogen-bond acceptors (Lipinski definition) is 6. The highest BCUT2D eigenvalue weighted by Crippen LogP contribution is 2.43. The zero-order valence-corrected chi connectivity index (χ0v) is 17.2. The topological polar surface area (TPSA) is 88.4 Å². The Kier molecular flexibility index (Phi) is 3.87. The van der Waals surface area contributed by atoms with Gasteiger partial charge in [-0.2, -0.15) is 0 Å². The number of hydrogen-bond donors (Lipinski definition) is 1. The lowest BCUT2D eigenvalue weighted by atomic mass is 10.0. The van der Waals surface area contributed by atoms with Crippen molar-refractivity contribution >= 4 is 16.9 Å². The molecule has 6 rings (SSSR count). The van der Waals surface area contributed by atoms with Gasteiger partial charge >= 0.3 is 0 Å². The molecule has 1 N–H and O–H groups in total. The van der Waals surface area contributed by atoms with Crippen molar-refractivity contribution in [2.75, 3.05) is 4.90 Å². The number of aromatic amines is 1. The number of aryl methyl sites for hydroxylation is 1. The first-order valence-corrected chi connectivity index (χ1v) is 10.8. The molecule has 152 valence electrons. The molecular formula is C22H24N8. The molecule has 1 saturated carbocycles. The van der Waals surface area contributed by atoms with Crippen molar-refractivity contribution < 1.29 is 0 Å². The number of aromatic nitrogens is 7. The summed E-state index contributed by atoms with van der Waals surface area (Å²) in [5, 5.41) is 9.98. The van der Waals surface area contributed by atoms with Crippen LogP contribution in [0.3, 0.4) is 0 Å². The van der Waals surface area contributed by atoms with Crippen LogP contribution in [0.4, 0.5) is 5.82 Å². The minimum Gasteiger partial charge on any atom is -0.346 e. The predicted octanol–water partition coefficient (Wildman–Crippen LogP) is 4.12. The van der Waals surface area contributed by atoms with Gasteiger partial charge in [-0.25, -0.2) is 15.0 Å². The third-order valence-corrected chi connectivity index (χ3v) is 6.48. The van der Waals surface area contributed by atoms with Crippen LogP contribution in [-0.4, -0.2) is 40.7 Å². The van der Waals surface area contributed by atoms with Gasteiger partial charge in [-0.1, -0.05) is 19.8 Å². The van der Waals surface area contributed by atoms with Crippen LogP contribution in [-0.2, 0) is 0 Å². The highest BCUT2D eigenvalue weighted by atomic mass is 15.4. The van der Waals surface area contributed by atoms with E-state index in [4.69, 9.17) is 9.97 Å². The molecule has 0 radical (unpaired) electrons. The summed E-state index contributed by atoms with van der Waals surface area (Å²) >= 11 is 0. The molecule has 2 aliphatic rings. The number of anilines is 1. The second kappa shape index (κ2) is 6.62. The van der Waals surface area contributed by atoms with E-state index in [1.165, 1.54) is 25.7 Å². The third kappa shape index (κ3) is 2.49. The van der Waals surface area contributed by atoms with Crippen molar-refractivity contribution in [1.29, 1.82) is 0 Å². The highest BCUT2D eigenvalue weighted by molar-refractivity contribution is 5.80. The molecule has 1 unspecified atom stereocenters. The van der Waals surface area contributed by atoms with Gasteiger partial charge < -0.3 is 9.88 Å². The van der Waals surface area contributed by atoms with Crippen LogP contribution >= 0.6 is 0 Å². The maximum atomic E-state index is 5.11.